The van der Waals surface area contributed by atoms with E-state index in [1.54, 1.807) is 6.26 Å². The molecule has 0 bridgehead atoms. The van der Waals surface area contributed by atoms with Crippen LogP contribution in [0.25, 0.3) is 0 Å². The van der Waals surface area contributed by atoms with Crippen molar-refractivity contribution in [2.45, 2.75) is 32.7 Å². The number of hydrogen-bond acceptors (Lipinski definition) is 4. The van der Waals surface area contributed by atoms with E-state index in [0.717, 1.165) is 57.5 Å². The van der Waals surface area contributed by atoms with Gasteiger partial charge in [-0.2, -0.15) is 0 Å². The maximum Gasteiger partial charge on any atom is 0.191 e. The van der Waals surface area contributed by atoms with Gasteiger partial charge in [0.05, 0.1) is 12.3 Å². The van der Waals surface area contributed by atoms with Crippen LogP contribution in [0.2, 0.25) is 0 Å². The number of aliphatic imine (C=N–C) groups is 1. The Labute approximate surface area is 169 Å². The van der Waals surface area contributed by atoms with Crippen molar-refractivity contribution in [3.8, 4) is 0 Å². The number of furan rings is 1. The summed E-state index contributed by atoms with van der Waals surface area (Å²) in [6.45, 7) is 11.6. The molecule has 0 aromatic carbocycles. The van der Waals surface area contributed by atoms with Crippen LogP contribution in [-0.2, 0) is 0 Å². The van der Waals surface area contributed by atoms with Gasteiger partial charge < -0.3 is 20.0 Å². The van der Waals surface area contributed by atoms with E-state index in [1.807, 2.05) is 13.1 Å². The molecule has 25 heavy (non-hydrogen) atoms. The first kappa shape index (κ1) is 22.2. The Bertz CT molecular complexity index is 470. The lowest BCUT2D eigenvalue weighted by Crippen LogP contribution is -2.44. The van der Waals surface area contributed by atoms with Crippen molar-refractivity contribution in [2.75, 3.05) is 52.9 Å². The van der Waals surface area contributed by atoms with Gasteiger partial charge in [0.1, 0.15) is 5.76 Å². The van der Waals surface area contributed by atoms with E-state index < -0.39 is 0 Å². The van der Waals surface area contributed by atoms with Gasteiger partial charge in [0.2, 0.25) is 0 Å². The van der Waals surface area contributed by atoms with Crippen LogP contribution in [0.5, 0.6) is 0 Å². The first-order chi connectivity index (χ1) is 11.8. The van der Waals surface area contributed by atoms with Crippen LogP contribution in [0.15, 0.2) is 27.8 Å². The molecule has 0 spiro atoms. The van der Waals surface area contributed by atoms with Crippen molar-refractivity contribution in [3.05, 3.63) is 24.2 Å². The molecule has 1 aliphatic rings. The largest absolute Gasteiger partial charge is 0.468 e. The molecule has 6 nitrogen and oxygen atoms in total. The lowest BCUT2D eigenvalue weighted by molar-refractivity contribution is 0.215. The third-order valence-electron chi connectivity index (χ3n) is 4.75. The van der Waals surface area contributed by atoms with Crippen LogP contribution < -0.4 is 10.6 Å². The van der Waals surface area contributed by atoms with E-state index in [0.29, 0.717) is 0 Å². The Morgan fingerprint density at radius 1 is 1.28 bits per heavy atom. The van der Waals surface area contributed by atoms with Gasteiger partial charge >= 0.3 is 0 Å². The molecule has 2 rings (SSSR count). The Kier molecular flexibility index (Phi) is 11.2. The van der Waals surface area contributed by atoms with Gasteiger partial charge in [-0.1, -0.05) is 13.8 Å². The van der Waals surface area contributed by atoms with Gasteiger partial charge in [0.25, 0.3) is 0 Å². The molecule has 0 radical (unpaired) electrons. The molecule has 1 aromatic rings. The highest BCUT2D eigenvalue weighted by Crippen LogP contribution is 2.24. The van der Waals surface area contributed by atoms with E-state index in [4.69, 9.17) is 4.42 Å². The van der Waals surface area contributed by atoms with Crippen LogP contribution in [0.3, 0.4) is 0 Å². The zero-order valence-corrected chi connectivity index (χ0v) is 18.2. The first-order valence-corrected chi connectivity index (χ1v) is 9.22. The minimum absolute atomic E-state index is 0. The normalized spacial score (nSPS) is 16.7. The molecule has 1 aliphatic heterocycles. The van der Waals surface area contributed by atoms with E-state index >= 15 is 0 Å². The number of guanidine groups is 1. The SMILES string of the molecule is CCN(CC)CCNC(=NC)NCC(c1ccco1)N1CCCC1.I. The average Bonchev–Trinajstić information content (AvgIpc) is 3.31. The topological polar surface area (TPSA) is 56.0 Å². The predicted molar refractivity (Wildman–Crippen MR) is 115 cm³/mol. The molecule has 1 fully saturated rings. The summed E-state index contributed by atoms with van der Waals surface area (Å²) in [6, 6.07) is 4.31. The van der Waals surface area contributed by atoms with Gasteiger partial charge in [0, 0.05) is 26.7 Å². The van der Waals surface area contributed by atoms with Crippen LogP contribution in [-0.4, -0.2) is 68.6 Å². The molecule has 7 heteroatoms. The molecule has 1 atom stereocenters. The van der Waals surface area contributed by atoms with Gasteiger partial charge in [-0.25, -0.2) is 0 Å². The fraction of sp³-hybridized carbons (Fsp3) is 0.722. The third kappa shape index (κ3) is 7.15. The summed E-state index contributed by atoms with van der Waals surface area (Å²) in [6.07, 6.45) is 4.30. The van der Waals surface area contributed by atoms with Crippen LogP contribution in [0.4, 0.5) is 0 Å². The maximum absolute atomic E-state index is 5.67. The summed E-state index contributed by atoms with van der Waals surface area (Å²) < 4.78 is 5.67. The monoisotopic (exact) mass is 463 g/mol. The molecule has 2 N–H and O–H groups in total. The van der Waals surface area contributed by atoms with E-state index in [2.05, 4.69) is 45.3 Å². The van der Waals surface area contributed by atoms with Crippen molar-refractivity contribution in [2.24, 2.45) is 4.99 Å². The number of halogens is 1. The summed E-state index contributed by atoms with van der Waals surface area (Å²) in [5, 5.41) is 6.87. The Balaban J connectivity index is 0.00000312. The number of hydrogen-bond donors (Lipinski definition) is 2. The molecule has 1 unspecified atom stereocenters. The number of likely N-dealkylation sites (N-methyl/N-ethyl adjacent to an activating group) is 1. The van der Waals surface area contributed by atoms with E-state index in [9.17, 15) is 0 Å². The zero-order chi connectivity index (χ0) is 17.2. The van der Waals surface area contributed by atoms with Crippen molar-refractivity contribution >= 4 is 29.9 Å². The summed E-state index contributed by atoms with van der Waals surface area (Å²) >= 11 is 0. The fourth-order valence-electron chi connectivity index (χ4n) is 3.23. The Morgan fingerprint density at radius 3 is 2.56 bits per heavy atom. The molecule has 144 valence electrons. The van der Waals surface area contributed by atoms with Crippen molar-refractivity contribution in [1.29, 1.82) is 0 Å². The molecule has 0 saturated carbocycles. The molecular weight excluding hydrogens is 429 g/mol. The minimum atomic E-state index is 0. The second-order valence-electron chi connectivity index (χ2n) is 6.18. The first-order valence-electron chi connectivity index (χ1n) is 9.22. The highest BCUT2D eigenvalue weighted by molar-refractivity contribution is 14.0. The summed E-state index contributed by atoms with van der Waals surface area (Å²) in [5.41, 5.74) is 0. The van der Waals surface area contributed by atoms with Crippen molar-refractivity contribution < 1.29 is 4.42 Å². The lowest BCUT2D eigenvalue weighted by atomic mass is 10.2. The molecule has 2 heterocycles. The zero-order valence-electron chi connectivity index (χ0n) is 15.8. The molecular formula is C18H34IN5O. The maximum atomic E-state index is 5.67. The highest BCUT2D eigenvalue weighted by atomic mass is 127. The summed E-state index contributed by atoms with van der Waals surface area (Å²) in [5.74, 6) is 1.89. The fourth-order valence-corrected chi connectivity index (χ4v) is 3.23. The van der Waals surface area contributed by atoms with Crippen LogP contribution in [0.1, 0.15) is 38.5 Å². The van der Waals surface area contributed by atoms with Gasteiger partial charge in [0.15, 0.2) is 5.96 Å². The second kappa shape index (κ2) is 12.5. The van der Waals surface area contributed by atoms with Gasteiger partial charge in [-0.05, 0) is 51.2 Å². The lowest BCUT2D eigenvalue weighted by Gasteiger charge is -2.27. The molecule has 1 aromatic heterocycles. The van der Waals surface area contributed by atoms with Crippen molar-refractivity contribution in [1.82, 2.24) is 20.4 Å². The van der Waals surface area contributed by atoms with Gasteiger partial charge in [-0.3, -0.25) is 9.89 Å². The Hall–Kier alpha value is -0.800. The van der Waals surface area contributed by atoms with E-state index in [-0.39, 0.29) is 30.0 Å². The second-order valence-corrected chi connectivity index (χ2v) is 6.18. The number of rotatable bonds is 9. The Morgan fingerprint density at radius 2 is 2.00 bits per heavy atom. The molecule has 0 amide bonds. The smallest absolute Gasteiger partial charge is 0.191 e. The molecule has 1 saturated heterocycles. The third-order valence-corrected chi connectivity index (χ3v) is 4.75. The number of nitrogens with one attached hydrogen (secondary N) is 2. The quantitative estimate of drug-likeness (QED) is 0.335. The number of likely N-dealkylation sites (tertiary alicyclic amines) is 1. The minimum Gasteiger partial charge on any atom is -0.468 e. The summed E-state index contributed by atoms with van der Waals surface area (Å²) in [4.78, 5) is 9.24. The molecule has 0 aliphatic carbocycles. The standard InChI is InChI=1S/C18H33N5O.HI/c1-4-22(5-2)13-10-20-18(19-3)21-15-16(17-9-8-14-24-17)23-11-6-7-12-23;/h8-9,14,16H,4-7,10-13,15H2,1-3H3,(H2,19,20,21);1H. The highest BCUT2D eigenvalue weighted by Gasteiger charge is 2.25. The van der Waals surface area contributed by atoms with Crippen molar-refractivity contribution in [3.63, 3.8) is 0 Å². The van der Waals surface area contributed by atoms with Crippen LogP contribution in [0, 0.1) is 0 Å². The number of nitrogens with zero attached hydrogens (tertiary/aromatic N) is 3. The van der Waals surface area contributed by atoms with E-state index in [1.165, 1.54) is 12.8 Å². The van der Waals surface area contributed by atoms with Gasteiger partial charge in [-0.15, -0.1) is 24.0 Å². The van der Waals surface area contributed by atoms with Crippen LogP contribution >= 0.6 is 24.0 Å². The summed E-state index contributed by atoms with van der Waals surface area (Å²) in [7, 11) is 1.82. The average molecular weight is 463 g/mol. The predicted octanol–water partition coefficient (Wildman–Crippen LogP) is 2.54.